The molecule has 1 rings (SSSR count). The van der Waals surface area contributed by atoms with E-state index in [0.717, 1.165) is 12.6 Å². The maximum atomic E-state index is 3.94. The average molecular weight is 141 g/mol. The van der Waals surface area contributed by atoms with Crippen molar-refractivity contribution < 1.29 is 0 Å². The van der Waals surface area contributed by atoms with Crippen molar-refractivity contribution in [3.63, 3.8) is 0 Å². The Balaban J connectivity index is 2.32. The predicted molar refractivity (Wildman–Crippen MR) is 43.6 cm³/mol. The average Bonchev–Trinajstić information content (AvgIpc) is 1.88. The van der Waals surface area contributed by atoms with Crippen LogP contribution in [0.15, 0.2) is 0 Å². The highest BCUT2D eigenvalue weighted by molar-refractivity contribution is 4.76. The molecule has 2 nitrogen and oxygen atoms in total. The van der Waals surface area contributed by atoms with E-state index in [9.17, 15) is 0 Å². The largest absolute Gasteiger partial charge is 0.458 e. The van der Waals surface area contributed by atoms with E-state index in [-0.39, 0.29) is 0 Å². The normalized spacial score (nSPS) is 29.4. The number of hydrogen-bond acceptors (Lipinski definition) is 2. The Kier molecular flexibility index (Phi) is 2.69. The lowest BCUT2D eigenvalue weighted by Crippen LogP contribution is -2.42. The van der Waals surface area contributed by atoms with E-state index < -0.39 is 0 Å². The van der Waals surface area contributed by atoms with Gasteiger partial charge in [0.05, 0.1) is 0 Å². The van der Waals surface area contributed by atoms with Crippen molar-refractivity contribution in [2.45, 2.75) is 18.9 Å². The summed E-state index contributed by atoms with van der Waals surface area (Å²) >= 11 is 0. The van der Waals surface area contributed by atoms with Crippen LogP contribution in [0.4, 0.5) is 0 Å². The van der Waals surface area contributed by atoms with Crippen molar-refractivity contribution in [1.82, 2.24) is 9.80 Å². The first-order chi connectivity index (χ1) is 4.70. The molecule has 0 N–H and O–H groups in total. The predicted octanol–water partition coefficient (Wildman–Crippen LogP) is 0.804. The van der Waals surface area contributed by atoms with Crippen LogP contribution in [0.25, 0.3) is 0 Å². The highest BCUT2D eigenvalue weighted by atomic mass is 15.2. The van der Waals surface area contributed by atoms with Gasteiger partial charge in [-0.05, 0) is 40.0 Å². The van der Waals surface area contributed by atoms with Crippen molar-refractivity contribution in [1.29, 1.82) is 0 Å². The fourth-order valence-electron chi connectivity index (χ4n) is 1.45. The quantitative estimate of drug-likeness (QED) is 0.498. The van der Waals surface area contributed by atoms with Crippen LogP contribution in [-0.4, -0.2) is 43.0 Å². The number of piperidine rings is 1. The summed E-state index contributed by atoms with van der Waals surface area (Å²) in [5.74, 6) is 0. The van der Waals surface area contributed by atoms with Crippen LogP contribution >= 0.6 is 0 Å². The van der Waals surface area contributed by atoms with Gasteiger partial charge in [-0.25, -0.2) is 0 Å². The smallest absolute Gasteiger partial charge is 0.0193 e. The molecular formula is C8H17N2-. The zero-order valence-electron chi connectivity index (χ0n) is 7.01. The Hall–Kier alpha value is -0.0800. The molecule has 0 spiro atoms. The first-order valence-electron chi connectivity index (χ1n) is 3.92. The van der Waals surface area contributed by atoms with Crippen molar-refractivity contribution in [2.75, 3.05) is 27.2 Å². The molecule has 1 unspecified atom stereocenters. The van der Waals surface area contributed by atoms with E-state index in [2.05, 4.69) is 30.9 Å². The maximum absolute atomic E-state index is 3.94. The minimum absolute atomic E-state index is 0.728. The van der Waals surface area contributed by atoms with Gasteiger partial charge in [0.2, 0.25) is 0 Å². The zero-order valence-corrected chi connectivity index (χ0v) is 7.01. The molecule has 1 atom stereocenters. The fraction of sp³-hybridized carbons (Fsp3) is 0.875. The Morgan fingerprint density at radius 1 is 1.50 bits per heavy atom. The van der Waals surface area contributed by atoms with Gasteiger partial charge in [0.1, 0.15) is 0 Å². The lowest BCUT2D eigenvalue weighted by Gasteiger charge is -2.38. The summed E-state index contributed by atoms with van der Waals surface area (Å²) in [6, 6.07) is 0.728. The number of hydrogen-bond donors (Lipinski definition) is 0. The van der Waals surface area contributed by atoms with Gasteiger partial charge in [-0.3, -0.25) is 7.05 Å². The second-order valence-corrected chi connectivity index (χ2v) is 3.34. The third kappa shape index (κ3) is 1.96. The molecule has 0 aromatic heterocycles. The van der Waals surface area contributed by atoms with Crippen molar-refractivity contribution >= 4 is 0 Å². The summed E-state index contributed by atoms with van der Waals surface area (Å²) < 4.78 is 0. The van der Waals surface area contributed by atoms with Crippen LogP contribution in [0.5, 0.6) is 0 Å². The third-order valence-corrected chi connectivity index (χ3v) is 2.21. The molecule has 60 valence electrons. The molecular weight excluding hydrogens is 124 g/mol. The van der Waals surface area contributed by atoms with Crippen LogP contribution < -0.4 is 0 Å². The molecule has 0 amide bonds. The van der Waals surface area contributed by atoms with Gasteiger partial charge in [0.25, 0.3) is 0 Å². The molecule has 0 radical (unpaired) electrons. The van der Waals surface area contributed by atoms with Crippen LogP contribution in [0, 0.1) is 7.05 Å². The highest BCUT2D eigenvalue weighted by Crippen LogP contribution is 2.11. The zero-order chi connectivity index (χ0) is 7.56. The van der Waals surface area contributed by atoms with E-state index in [1.165, 1.54) is 19.4 Å². The summed E-state index contributed by atoms with van der Waals surface area (Å²) in [4.78, 5) is 4.45. The monoisotopic (exact) mass is 141 g/mol. The molecule has 1 aliphatic rings. The van der Waals surface area contributed by atoms with E-state index in [4.69, 9.17) is 0 Å². The lowest BCUT2D eigenvalue weighted by atomic mass is 10.1. The van der Waals surface area contributed by atoms with Crippen molar-refractivity contribution in [2.24, 2.45) is 0 Å². The van der Waals surface area contributed by atoms with Crippen LogP contribution in [0.1, 0.15) is 12.8 Å². The second kappa shape index (κ2) is 3.35. The summed E-state index contributed by atoms with van der Waals surface area (Å²) in [5.41, 5.74) is 0. The Bertz CT molecular complexity index is 101. The summed E-state index contributed by atoms with van der Waals surface area (Å²) in [7, 11) is 8.22. The number of likely N-dealkylation sites (N-methyl/N-ethyl adjacent to an activating group) is 1. The molecule has 1 aliphatic heterocycles. The third-order valence-electron chi connectivity index (χ3n) is 2.21. The molecule has 0 saturated carbocycles. The first-order valence-corrected chi connectivity index (χ1v) is 3.92. The van der Waals surface area contributed by atoms with Gasteiger partial charge in [-0.1, -0.05) is 0 Å². The van der Waals surface area contributed by atoms with E-state index in [1.807, 2.05) is 0 Å². The maximum Gasteiger partial charge on any atom is 0.0193 e. The first kappa shape index (κ1) is 8.02. The van der Waals surface area contributed by atoms with Crippen molar-refractivity contribution in [3.8, 4) is 0 Å². The fourth-order valence-corrected chi connectivity index (χ4v) is 1.45. The van der Waals surface area contributed by atoms with Gasteiger partial charge in [-0.2, -0.15) is 0 Å². The minimum atomic E-state index is 0.728. The summed E-state index contributed by atoms with van der Waals surface area (Å²) in [6.07, 6.45) is 2.63. The van der Waals surface area contributed by atoms with Gasteiger partial charge in [-0.15, -0.1) is 0 Å². The summed E-state index contributed by atoms with van der Waals surface area (Å²) in [6.45, 7) is 2.30. The van der Waals surface area contributed by atoms with E-state index >= 15 is 0 Å². The SMILES string of the molecule is [CH2-]N1CCCC(N(C)C)C1. The standard InChI is InChI=1S/C8H17N2/c1-9(2)8-5-4-6-10(3)7-8/h8H,3-7H2,1-2H3/q-1. The molecule has 0 aromatic rings. The molecule has 0 aliphatic carbocycles. The molecule has 0 bridgehead atoms. The molecule has 1 saturated heterocycles. The van der Waals surface area contributed by atoms with Crippen LogP contribution in [0.3, 0.4) is 0 Å². The van der Waals surface area contributed by atoms with E-state index in [1.54, 1.807) is 0 Å². The van der Waals surface area contributed by atoms with Crippen LogP contribution in [-0.2, 0) is 0 Å². The molecule has 1 heterocycles. The van der Waals surface area contributed by atoms with Gasteiger partial charge < -0.3 is 9.80 Å². The number of rotatable bonds is 1. The van der Waals surface area contributed by atoms with Crippen molar-refractivity contribution in [3.05, 3.63) is 7.05 Å². The number of likely N-dealkylation sites (tertiary alicyclic amines) is 1. The van der Waals surface area contributed by atoms with Gasteiger partial charge >= 0.3 is 0 Å². The van der Waals surface area contributed by atoms with Crippen LogP contribution in [0.2, 0.25) is 0 Å². The van der Waals surface area contributed by atoms with E-state index in [0.29, 0.717) is 0 Å². The second-order valence-electron chi connectivity index (χ2n) is 3.34. The highest BCUT2D eigenvalue weighted by Gasteiger charge is 2.14. The molecule has 2 heteroatoms. The summed E-state index contributed by atoms with van der Waals surface area (Å²) in [5, 5.41) is 0. The topological polar surface area (TPSA) is 6.48 Å². The minimum Gasteiger partial charge on any atom is -0.458 e. The van der Waals surface area contributed by atoms with Gasteiger partial charge in [0.15, 0.2) is 0 Å². The Morgan fingerprint density at radius 3 is 2.60 bits per heavy atom. The lowest BCUT2D eigenvalue weighted by molar-refractivity contribution is 0.168. The number of nitrogens with zero attached hydrogens (tertiary/aromatic N) is 2. The Morgan fingerprint density at radius 2 is 2.20 bits per heavy atom. The molecule has 0 aromatic carbocycles. The molecule has 1 fully saturated rings. The van der Waals surface area contributed by atoms with Gasteiger partial charge in [0, 0.05) is 6.04 Å². The Labute approximate surface area is 63.8 Å². The molecule has 10 heavy (non-hydrogen) atoms.